The van der Waals surface area contributed by atoms with E-state index < -0.39 is 0 Å². The number of nitrogens with one attached hydrogen (secondary N) is 1. The van der Waals surface area contributed by atoms with Crippen LogP contribution in [0.2, 0.25) is 0 Å². The minimum Gasteiger partial charge on any atom is -0.352 e. The predicted molar refractivity (Wildman–Crippen MR) is 134 cm³/mol. The monoisotopic (exact) mass is 451 g/mol. The first-order valence-electron chi connectivity index (χ1n) is 11.8. The minimum absolute atomic E-state index is 0.119. The van der Waals surface area contributed by atoms with Gasteiger partial charge in [0.05, 0.1) is 23.1 Å². The minimum atomic E-state index is -0.119. The maximum atomic E-state index is 12.9. The van der Waals surface area contributed by atoms with E-state index in [0.29, 0.717) is 18.5 Å². The number of nitrogens with zero attached hydrogens (tertiary/aromatic N) is 4. The third-order valence-corrected chi connectivity index (χ3v) is 6.44. The van der Waals surface area contributed by atoms with Gasteiger partial charge < -0.3 is 10.2 Å². The van der Waals surface area contributed by atoms with Crippen molar-refractivity contribution in [3.8, 4) is 5.69 Å². The molecule has 0 unspecified atom stereocenters. The van der Waals surface area contributed by atoms with Crippen LogP contribution < -0.4 is 10.2 Å². The average molecular weight is 452 g/mol. The van der Waals surface area contributed by atoms with E-state index in [0.717, 1.165) is 42.3 Å². The first-order valence-corrected chi connectivity index (χ1v) is 11.8. The van der Waals surface area contributed by atoms with Crippen LogP contribution in [0.1, 0.15) is 45.2 Å². The summed E-state index contributed by atoms with van der Waals surface area (Å²) in [6.07, 6.45) is 5.26. The molecule has 172 valence electrons. The van der Waals surface area contributed by atoms with Gasteiger partial charge in [-0.3, -0.25) is 4.79 Å². The number of aryl methyl sites for hydroxylation is 1. The van der Waals surface area contributed by atoms with Crippen molar-refractivity contribution >= 4 is 11.7 Å². The Kier molecular flexibility index (Phi) is 6.12. The maximum absolute atomic E-state index is 12.9. The molecular formula is C28H29N5O. The number of hydrogen-bond acceptors (Lipinski definition) is 4. The van der Waals surface area contributed by atoms with Crippen LogP contribution in [0.4, 0.5) is 5.82 Å². The van der Waals surface area contributed by atoms with Gasteiger partial charge in [-0.15, -0.1) is 0 Å². The fraction of sp³-hybridized carbons (Fsp3) is 0.250. The van der Waals surface area contributed by atoms with Crippen molar-refractivity contribution in [2.24, 2.45) is 0 Å². The van der Waals surface area contributed by atoms with Crippen LogP contribution in [-0.4, -0.2) is 27.2 Å². The molecule has 1 amide bonds. The number of rotatable bonds is 6. The van der Waals surface area contributed by atoms with Crippen LogP contribution in [0, 0.1) is 6.92 Å². The highest BCUT2D eigenvalue weighted by molar-refractivity contribution is 5.95. The summed E-state index contributed by atoms with van der Waals surface area (Å²) >= 11 is 0. The summed E-state index contributed by atoms with van der Waals surface area (Å²) in [5, 5.41) is 7.51. The molecule has 1 N–H and O–H groups in total. The molecule has 1 aliphatic rings. The van der Waals surface area contributed by atoms with E-state index in [4.69, 9.17) is 0 Å². The molecule has 2 aromatic heterocycles. The topological polar surface area (TPSA) is 63.1 Å². The third kappa shape index (κ3) is 4.44. The lowest BCUT2D eigenvalue weighted by atomic mass is 10.00. The Morgan fingerprint density at radius 3 is 2.53 bits per heavy atom. The van der Waals surface area contributed by atoms with Gasteiger partial charge in [0.15, 0.2) is 0 Å². The molecule has 0 radical (unpaired) electrons. The molecule has 0 saturated heterocycles. The zero-order chi connectivity index (χ0) is 23.5. The van der Waals surface area contributed by atoms with Crippen molar-refractivity contribution in [3.05, 3.63) is 107 Å². The Morgan fingerprint density at radius 2 is 1.79 bits per heavy atom. The lowest BCUT2D eigenvalue weighted by molar-refractivity contribution is 0.0950. The molecule has 6 nitrogen and oxygen atoms in total. The molecule has 0 bridgehead atoms. The number of benzene rings is 2. The average Bonchev–Trinajstić information content (AvgIpc) is 3.32. The number of carbonyl (C=O) groups excluding carboxylic acids is 1. The van der Waals surface area contributed by atoms with Crippen LogP contribution in [0.15, 0.2) is 73.1 Å². The quantitative estimate of drug-likeness (QED) is 0.464. The number of amides is 1. The predicted octanol–water partition coefficient (Wildman–Crippen LogP) is 4.63. The summed E-state index contributed by atoms with van der Waals surface area (Å²) in [5.41, 5.74) is 7.43. The molecule has 5 rings (SSSR count). The van der Waals surface area contributed by atoms with Crippen molar-refractivity contribution in [1.29, 1.82) is 0 Å². The summed E-state index contributed by atoms with van der Waals surface area (Å²) in [6, 6.07) is 20.8. The van der Waals surface area contributed by atoms with Gasteiger partial charge in [0.1, 0.15) is 5.82 Å². The molecule has 0 aliphatic carbocycles. The molecule has 2 aromatic carbocycles. The Balaban J connectivity index is 1.23. The first-order chi connectivity index (χ1) is 16.6. The van der Waals surface area contributed by atoms with Crippen LogP contribution in [0.25, 0.3) is 5.69 Å². The standard InChI is InChI=1S/C28H29N5O/c1-3-26-25(18-31-33(26)24-11-8-20(2)9-12-24)28(34)30-17-21-10-13-27(29-16-21)32-15-14-22-6-4-5-7-23(22)19-32/h4-13,16,18H,3,14-15,17,19H2,1-2H3,(H,30,34). The van der Waals surface area contributed by atoms with E-state index in [-0.39, 0.29) is 5.91 Å². The van der Waals surface area contributed by atoms with Gasteiger partial charge in [-0.2, -0.15) is 5.10 Å². The summed E-state index contributed by atoms with van der Waals surface area (Å²) in [4.78, 5) is 19.9. The van der Waals surface area contributed by atoms with Gasteiger partial charge in [-0.1, -0.05) is 55.0 Å². The third-order valence-electron chi connectivity index (χ3n) is 6.44. The Morgan fingerprint density at radius 1 is 1.00 bits per heavy atom. The van der Waals surface area contributed by atoms with Gasteiger partial charge >= 0.3 is 0 Å². The highest BCUT2D eigenvalue weighted by atomic mass is 16.1. The highest BCUT2D eigenvalue weighted by Gasteiger charge is 2.18. The van der Waals surface area contributed by atoms with Crippen molar-refractivity contribution < 1.29 is 4.79 Å². The highest BCUT2D eigenvalue weighted by Crippen LogP contribution is 2.23. The molecule has 34 heavy (non-hydrogen) atoms. The van der Waals surface area contributed by atoms with Gasteiger partial charge in [-0.05, 0) is 54.7 Å². The van der Waals surface area contributed by atoms with Crippen LogP contribution in [0.5, 0.6) is 0 Å². The fourth-order valence-corrected chi connectivity index (χ4v) is 4.49. The lowest BCUT2D eigenvalue weighted by Gasteiger charge is -2.29. The molecule has 0 fully saturated rings. The smallest absolute Gasteiger partial charge is 0.255 e. The van der Waals surface area contributed by atoms with Crippen molar-refractivity contribution in [2.75, 3.05) is 11.4 Å². The van der Waals surface area contributed by atoms with E-state index in [9.17, 15) is 4.79 Å². The number of hydrogen-bond donors (Lipinski definition) is 1. The summed E-state index contributed by atoms with van der Waals surface area (Å²) in [6.45, 7) is 6.36. The van der Waals surface area contributed by atoms with E-state index in [1.54, 1.807) is 6.20 Å². The molecule has 0 saturated carbocycles. The molecule has 3 heterocycles. The molecule has 1 aliphatic heterocycles. The van der Waals surface area contributed by atoms with E-state index in [1.807, 2.05) is 42.1 Å². The van der Waals surface area contributed by atoms with E-state index >= 15 is 0 Å². The zero-order valence-corrected chi connectivity index (χ0v) is 19.7. The number of aromatic nitrogens is 3. The normalized spacial score (nSPS) is 12.9. The van der Waals surface area contributed by atoms with Gasteiger partial charge in [0.2, 0.25) is 0 Å². The number of anilines is 1. The Labute approximate surface area is 200 Å². The number of carbonyl (C=O) groups is 1. The van der Waals surface area contributed by atoms with Crippen molar-refractivity contribution in [3.63, 3.8) is 0 Å². The van der Waals surface area contributed by atoms with Gasteiger partial charge in [-0.25, -0.2) is 9.67 Å². The maximum Gasteiger partial charge on any atom is 0.255 e. The second-order valence-electron chi connectivity index (χ2n) is 8.75. The first kappa shape index (κ1) is 21.9. The molecular weight excluding hydrogens is 422 g/mol. The lowest BCUT2D eigenvalue weighted by Crippen LogP contribution is -2.31. The Hall–Kier alpha value is -3.93. The summed E-state index contributed by atoms with van der Waals surface area (Å²) in [5.74, 6) is 0.851. The van der Waals surface area contributed by atoms with E-state index in [2.05, 4.69) is 63.6 Å². The SMILES string of the molecule is CCc1c(C(=O)NCc2ccc(N3CCc4ccccc4C3)nc2)cnn1-c1ccc(C)cc1. The number of fused-ring (bicyclic) bond motifs is 1. The van der Waals surface area contributed by atoms with Crippen LogP contribution >= 0.6 is 0 Å². The van der Waals surface area contributed by atoms with Crippen LogP contribution in [-0.2, 0) is 25.9 Å². The summed E-state index contributed by atoms with van der Waals surface area (Å²) < 4.78 is 1.85. The fourth-order valence-electron chi connectivity index (χ4n) is 4.49. The van der Waals surface area contributed by atoms with Gasteiger partial charge in [0.25, 0.3) is 5.91 Å². The second-order valence-corrected chi connectivity index (χ2v) is 8.75. The zero-order valence-electron chi connectivity index (χ0n) is 19.7. The Bertz CT molecular complexity index is 1290. The van der Waals surface area contributed by atoms with Crippen molar-refractivity contribution in [1.82, 2.24) is 20.1 Å². The van der Waals surface area contributed by atoms with Crippen LogP contribution in [0.3, 0.4) is 0 Å². The molecule has 4 aromatic rings. The summed E-state index contributed by atoms with van der Waals surface area (Å²) in [7, 11) is 0. The molecule has 0 spiro atoms. The second kappa shape index (κ2) is 9.51. The molecule has 6 heteroatoms. The largest absolute Gasteiger partial charge is 0.352 e. The number of pyridine rings is 1. The van der Waals surface area contributed by atoms with Crippen molar-refractivity contribution in [2.45, 2.75) is 39.8 Å². The van der Waals surface area contributed by atoms with E-state index in [1.165, 1.54) is 16.7 Å². The molecule has 0 atom stereocenters. The van der Waals surface area contributed by atoms with Gasteiger partial charge in [0, 0.05) is 25.8 Å².